The number of benzene rings is 1. The van der Waals surface area contributed by atoms with E-state index in [2.05, 4.69) is 15.0 Å². The van der Waals surface area contributed by atoms with Gasteiger partial charge in [-0.2, -0.15) is 0 Å². The molecule has 1 unspecified atom stereocenters. The van der Waals surface area contributed by atoms with Gasteiger partial charge in [0.05, 0.1) is 31.2 Å². The molecule has 0 spiro atoms. The molecule has 1 aliphatic heterocycles. The number of carbonyl (C=O) groups excluding carboxylic acids is 1. The summed E-state index contributed by atoms with van der Waals surface area (Å²) in [5.74, 6) is 0.348. The van der Waals surface area contributed by atoms with Crippen LogP contribution in [-0.4, -0.2) is 95.9 Å². The maximum Gasteiger partial charge on any atom is 0.338 e. The molecule has 5 N–H and O–H groups in total. The van der Waals surface area contributed by atoms with E-state index in [1.165, 1.54) is 10.9 Å². The second kappa shape index (κ2) is 12.2. The van der Waals surface area contributed by atoms with Crippen LogP contribution >= 0.6 is 11.8 Å². The Morgan fingerprint density at radius 3 is 2.61 bits per heavy atom. The molecule has 13 nitrogen and oxygen atoms in total. The molecule has 1 aliphatic rings. The van der Waals surface area contributed by atoms with E-state index >= 15 is 0 Å². The summed E-state index contributed by atoms with van der Waals surface area (Å²) < 4.78 is 17.8. The summed E-state index contributed by atoms with van der Waals surface area (Å²) in [7, 11) is 0. The Kier molecular flexibility index (Phi) is 9.02. The van der Waals surface area contributed by atoms with Gasteiger partial charge in [0.25, 0.3) is 5.56 Å². The Morgan fingerprint density at radius 1 is 1.21 bits per heavy atom. The van der Waals surface area contributed by atoms with Crippen LogP contribution in [0.2, 0.25) is 0 Å². The van der Waals surface area contributed by atoms with Crippen molar-refractivity contribution in [2.45, 2.75) is 49.6 Å². The molecule has 0 amide bonds. The van der Waals surface area contributed by atoms with Gasteiger partial charge < -0.3 is 39.6 Å². The third-order valence-corrected chi connectivity index (χ3v) is 6.81. The Hall–Kier alpha value is -3.01. The van der Waals surface area contributed by atoms with E-state index in [0.717, 1.165) is 11.8 Å². The van der Waals surface area contributed by atoms with Crippen molar-refractivity contribution in [3.05, 3.63) is 46.5 Å². The number of rotatable bonds is 11. The lowest BCUT2D eigenvalue weighted by atomic mass is 10.1. The third-order valence-electron chi connectivity index (χ3n) is 5.71. The lowest BCUT2D eigenvalue weighted by molar-refractivity contribution is -0.0548. The number of imidazole rings is 1. The molecule has 5 atom stereocenters. The van der Waals surface area contributed by atoms with Crippen LogP contribution in [-0.2, 0) is 9.47 Å². The van der Waals surface area contributed by atoms with Crippen molar-refractivity contribution in [2.24, 2.45) is 5.92 Å². The lowest BCUT2D eigenvalue weighted by Gasteiger charge is -2.19. The Labute approximate surface area is 221 Å². The van der Waals surface area contributed by atoms with Crippen molar-refractivity contribution in [2.75, 3.05) is 25.6 Å². The SMILES string of the molecule is CC(C)COC(=O)c1ccc(OCC(O)CSc2nc3c(=O)[nH]cnc3n2[C@@H]2O[C@H](CO)[C@@H](O)[C@H]2O)cc1. The van der Waals surface area contributed by atoms with Crippen molar-refractivity contribution in [1.82, 2.24) is 19.5 Å². The molecule has 1 aromatic carbocycles. The van der Waals surface area contributed by atoms with Crippen molar-refractivity contribution < 1.29 is 39.4 Å². The topological polar surface area (TPSA) is 189 Å². The van der Waals surface area contributed by atoms with Gasteiger partial charge in [-0.15, -0.1) is 0 Å². The molecule has 0 bridgehead atoms. The van der Waals surface area contributed by atoms with Gasteiger partial charge in [-0.05, 0) is 30.2 Å². The Balaban J connectivity index is 1.41. The number of carbonyl (C=O) groups is 1. The number of aliphatic hydroxyl groups excluding tert-OH is 4. The second-order valence-electron chi connectivity index (χ2n) is 9.19. The summed E-state index contributed by atoms with van der Waals surface area (Å²) in [5, 5.41) is 40.9. The first-order valence-electron chi connectivity index (χ1n) is 12.0. The van der Waals surface area contributed by atoms with Gasteiger partial charge in [-0.3, -0.25) is 9.36 Å². The van der Waals surface area contributed by atoms with Crippen LogP contribution in [0.5, 0.6) is 5.75 Å². The van der Waals surface area contributed by atoms with E-state index in [4.69, 9.17) is 14.2 Å². The van der Waals surface area contributed by atoms with Gasteiger partial charge >= 0.3 is 5.97 Å². The highest BCUT2D eigenvalue weighted by Crippen LogP contribution is 2.35. The van der Waals surface area contributed by atoms with Gasteiger partial charge in [-0.25, -0.2) is 14.8 Å². The summed E-state index contributed by atoms with van der Waals surface area (Å²) in [4.78, 5) is 35.2. The smallest absolute Gasteiger partial charge is 0.338 e. The molecule has 4 rings (SSSR count). The number of aromatic nitrogens is 4. The van der Waals surface area contributed by atoms with Crippen LogP contribution in [0.25, 0.3) is 11.2 Å². The van der Waals surface area contributed by atoms with Gasteiger partial charge in [0, 0.05) is 5.75 Å². The molecule has 0 saturated carbocycles. The maximum atomic E-state index is 12.3. The number of aromatic amines is 1. The number of H-pyrrole nitrogens is 1. The highest BCUT2D eigenvalue weighted by Gasteiger charge is 2.45. The Bertz CT molecular complexity index is 1300. The zero-order valence-corrected chi connectivity index (χ0v) is 21.6. The number of nitrogens with zero attached hydrogens (tertiary/aromatic N) is 3. The monoisotopic (exact) mass is 550 g/mol. The number of hydrogen-bond acceptors (Lipinski definition) is 12. The van der Waals surface area contributed by atoms with Crippen LogP contribution in [0, 0.1) is 5.92 Å². The minimum atomic E-state index is -1.41. The molecule has 3 aromatic rings. The van der Waals surface area contributed by atoms with Crippen LogP contribution in [0.4, 0.5) is 0 Å². The normalized spacial score (nSPS) is 22.2. The minimum Gasteiger partial charge on any atom is -0.491 e. The molecular weight excluding hydrogens is 520 g/mol. The van der Waals surface area contributed by atoms with Crippen LogP contribution in [0.15, 0.2) is 40.5 Å². The highest BCUT2D eigenvalue weighted by molar-refractivity contribution is 7.99. The average molecular weight is 551 g/mol. The predicted octanol–water partition coefficient (Wildman–Crippen LogP) is 0.0759. The number of aliphatic hydroxyl groups is 4. The number of nitrogens with one attached hydrogen (secondary N) is 1. The van der Waals surface area contributed by atoms with E-state index in [9.17, 15) is 30.0 Å². The molecule has 0 radical (unpaired) electrons. The zero-order valence-electron chi connectivity index (χ0n) is 20.8. The van der Waals surface area contributed by atoms with Crippen LogP contribution < -0.4 is 10.3 Å². The third kappa shape index (κ3) is 6.17. The molecular formula is C24H30N4O9S. The highest BCUT2D eigenvalue weighted by atomic mass is 32.2. The average Bonchev–Trinajstić information content (AvgIpc) is 3.42. The van der Waals surface area contributed by atoms with Crippen LogP contribution in [0.1, 0.15) is 30.4 Å². The lowest BCUT2D eigenvalue weighted by Crippen LogP contribution is -2.33. The quantitative estimate of drug-likeness (QED) is 0.160. The van der Waals surface area contributed by atoms with Crippen molar-refractivity contribution in [3.63, 3.8) is 0 Å². The molecule has 206 valence electrons. The van der Waals surface area contributed by atoms with Gasteiger partial charge in [-0.1, -0.05) is 25.6 Å². The van der Waals surface area contributed by atoms with E-state index in [1.54, 1.807) is 24.3 Å². The summed E-state index contributed by atoms with van der Waals surface area (Å²) >= 11 is 1.07. The zero-order chi connectivity index (χ0) is 27.4. The van der Waals surface area contributed by atoms with Gasteiger partial charge in [0.1, 0.15) is 30.7 Å². The Morgan fingerprint density at radius 2 is 1.95 bits per heavy atom. The molecule has 14 heteroatoms. The first-order valence-corrected chi connectivity index (χ1v) is 13.0. The molecule has 0 aliphatic carbocycles. The van der Waals surface area contributed by atoms with Crippen LogP contribution in [0.3, 0.4) is 0 Å². The fraction of sp³-hybridized carbons (Fsp3) is 0.500. The second-order valence-corrected chi connectivity index (χ2v) is 10.2. The largest absolute Gasteiger partial charge is 0.491 e. The molecule has 3 heterocycles. The minimum absolute atomic E-state index is 0.00881. The first-order chi connectivity index (χ1) is 18.2. The summed E-state index contributed by atoms with van der Waals surface area (Å²) in [6.07, 6.45) is -4.75. The van der Waals surface area contributed by atoms with Crippen molar-refractivity contribution >= 4 is 28.9 Å². The fourth-order valence-corrected chi connectivity index (χ4v) is 4.67. The van der Waals surface area contributed by atoms with Gasteiger partial charge in [0.15, 0.2) is 22.5 Å². The van der Waals surface area contributed by atoms with Crippen molar-refractivity contribution in [1.29, 1.82) is 0 Å². The number of hydrogen-bond donors (Lipinski definition) is 5. The number of fused-ring (bicyclic) bond motifs is 1. The van der Waals surface area contributed by atoms with E-state index < -0.39 is 48.8 Å². The standard InChI is InChI=1S/C24H30N4O9S/c1-12(2)8-36-23(34)13-3-5-15(6-4-13)35-9-14(30)10-38-24-27-17-20(25-11-26-21(17)33)28(24)22-19(32)18(31)16(7-29)37-22/h3-6,11-12,14,16,18-19,22,29-32H,7-10H2,1-2H3,(H,25,26,33)/t14?,16-,18-,19-,22-/m1/s1. The first kappa shape index (κ1) is 28.0. The van der Waals surface area contributed by atoms with Crippen molar-refractivity contribution in [3.8, 4) is 5.75 Å². The summed E-state index contributed by atoms with van der Waals surface area (Å²) in [6.45, 7) is 3.63. The molecule has 1 fully saturated rings. The summed E-state index contributed by atoms with van der Waals surface area (Å²) in [6, 6.07) is 6.36. The summed E-state index contributed by atoms with van der Waals surface area (Å²) in [5.41, 5.74) is -0.0152. The number of esters is 1. The fourth-order valence-electron chi connectivity index (χ4n) is 3.75. The molecule has 1 saturated heterocycles. The molecule has 38 heavy (non-hydrogen) atoms. The maximum absolute atomic E-state index is 12.3. The van der Waals surface area contributed by atoms with Gasteiger partial charge in [0.2, 0.25) is 0 Å². The number of ether oxygens (including phenoxy) is 3. The predicted molar refractivity (Wildman–Crippen MR) is 135 cm³/mol. The van der Waals surface area contributed by atoms with E-state index in [1.807, 2.05) is 13.8 Å². The molecule has 2 aromatic heterocycles. The number of thioether (sulfide) groups is 1. The van der Waals surface area contributed by atoms with E-state index in [-0.39, 0.29) is 34.6 Å². The van der Waals surface area contributed by atoms with E-state index in [0.29, 0.717) is 17.9 Å².